The lowest BCUT2D eigenvalue weighted by Gasteiger charge is -2.18. The molecule has 2 heterocycles. The molecule has 1 aliphatic heterocycles. The van der Waals surface area contributed by atoms with Crippen LogP contribution in [-0.2, 0) is 4.79 Å². The average molecular weight is 313 g/mol. The van der Waals surface area contributed by atoms with Crippen LogP contribution in [0.5, 0.6) is 0 Å². The molecule has 2 amide bonds. The minimum absolute atomic E-state index is 0.0229. The Kier molecular flexibility index (Phi) is 3.79. The van der Waals surface area contributed by atoms with Gasteiger partial charge in [-0.2, -0.15) is 0 Å². The van der Waals surface area contributed by atoms with Crippen LogP contribution in [0.15, 0.2) is 24.4 Å². The second kappa shape index (κ2) is 5.95. The number of nitrogens with zero attached hydrogens (tertiary/aromatic N) is 2. The maximum Gasteiger partial charge on any atom is 0.272 e. The Balaban J connectivity index is 1.31. The third-order valence-electron chi connectivity index (χ3n) is 5.55. The smallest absolute Gasteiger partial charge is 0.272 e. The summed E-state index contributed by atoms with van der Waals surface area (Å²) in [6.07, 6.45) is 6.03. The molecule has 23 heavy (non-hydrogen) atoms. The van der Waals surface area contributed by atoms with Gasteiger partial charge in [0, 0.05) is 31.7 Å². The van der Waals surface area contributed by atoms with Gasteiger partial charge in [-0.15, -0.1) is 0 Å². The van der Waals surface area contributed by atoms with Gasteiger partial charge in [-0.25, -0.2) is 0 Å². The van der Waals surface area contributed by atoms with Crippen LogP contribution in [0.2, 0.25) is 0 Å². The lowest BCUT2D eigenvalue weighted by atomic mass is 10.0. The molecule has 2 aliphatic carbocycles. The summed E-state index contributed by atoms with van der Waals surface area (Å²) in [7, 11) is 0. The summed E-state index contributed by atoms with van der Waals surface area (Å²) in [5.74, 6) is 2.07. The summed E-state index contributed by atoms with van der Waals surface area (Å²) < 4.78 is 0. The van der Waals surface area contributed by atoms with Crippen LogP contribution in [-0.4, -0.2) is 41.3 Å². The molecule has 5 heteroatoms. The quantitative estimate of drug-likeness (QED) is 0.920. The first kappa shape index (κ1) is 14.7. The molecule has 0 spiro atoms. The Labute approximate surface area is 136 Å². The lowest BCUT2D eigenvalue weighted by molar-refractivity contribution is -0.125. The van der Waals surface area contributed by atoms with E-state index in [2.05, 4.69) is 10.3 Å². The van der Waals surface area contributed by atoms with E-state index in [9.17, 15) is 9.59 Å². The molecule has 1 saturated heterocycles. The van der Waals surface area contributed by atoms with Crippen molar-refractivity contribution in [1.82, 2.24) is 15.2 Å². The molecule has 5 nitrogen and oxygen atoms in total. The number of amides is 2. The van der Waals surface area contributed by atoms with Crippen LogP contribution in [0.3, 0.4) is 0 Å². The summed E-state index contributed by atoms with van der Waals surface area (Å²) in [6.45, 7) is 2.40. The summed E-state index contributed by atoms with van der Waals surface area (Å²) in [5.41, 5.74) is 0.520. The highest BCUT2D eigenvalue weighted by atomic mass is 16.2. The zero-order valence-electron chi connectivity index (χ0n) is 13.3. The van der Waals surface area contributed by atoms with Gasteiger partial charge in [0.05, 0.1) is 0 Å². The van der Waals surface area contributed by atoms with Gasteiger partial charge in [-0.3, -0.25) is 14.6 Å². The minimum atomic E-state index is 0.0229. The van der Waals surface area contributed by atoms with Crippen molar-refractivity contribution in [2.45, 2.75) is 25.7 Å². The number of rotatable bonds is 4. The third-order valence-corrected chi connectivity index (χ3v) is 5.55. The van der Waals surface area contributed by atoms with Crippen molar-refractivity contribution in [2.24, 2.45) is 23.7 Å². The topological polar surface area (TPSA) is 62.3 Å². The molecular formula is C18H23N3O2. The van der Waals surface area contributed by atoms with Crippen molar-refractivity contribution in [2.75, 3.05) is 19.6 Å². The molecule has 1 N–H and O–H groups in total. The van der Waals surface area contributed by atoms with Gasteiger partial charge >= 0.3 is 0 Å². The molecule has 0 aromatic carbocycles. The van der Waals surface area contributed by atoms with Crippen LogP contribution in [0, 0.1) is 23.7 Å². The number of hydrogen-bond acceptors (Lipinski definition) is 3. The molecule has 0 bridgehead atoms. The van der Waals surface area contributed by atoms with E-state index in [4.69, 9.17) is 0 Å². The van der Waals surface area contributed by atoms with Crippen LogP contribution < -0.4 is 5.32 Å². The minimum Gasteiger partial charge on any atom is -0.356 e. The van der Waals surface area contributed by atoms with E-state index in [0.29, 0.717) is 17.5 Å². The number of carbonyl (C=O) groups is 2. The van der Waals surface area contributed by atoms with Crippen molar-refractivity contribution in [3.63, 3.8) is 0 Å². The van der Waals surface area contributed by atoms with E-state index in [0.717, 1.165) is 38.4 Å². The van der Waals surface area contributed by atoms with E-state index < -0.39 is 0 Å². The fraction of sp³-hybridized carbons (Fsp3) is 0.611. The van der Waals surface area contributed by atoms with Crippen molar-refractivity contribution in [3.8, 4) is 0 Å². The number of hydrogen-bond donors (Lipinski definition) is 1. The van der Waals surface area contributed by atoms with E-state index in [1.807, 2.05) is 17.0 Å². The average Bonchev–Trinajstić information content (AvgIpc) is 3.19. The Morgan fingerprint density at radius 2 is 1.91 bits per heavy atom. The molecule has 122 valence electrons. The molecule has 3 fully saturated rings. The van der Waals surface area contributed by atoms with E-state index in [-0.39, 0.29) is 17.7 Å². The van der Waals surface area contributed by atoms with Gasteiger partial charge in [-0.1, -0.05) is 6.07 Å². The molecule has 1 unspecified atom stereocenters. The normalized spacial score (nSPS) is 29.4. The molecule has 1 aromatic rings. The maximum absolute atomic E-state index is 12.5. The van der Waals surface area contributed by atoms with E-state index >= 15 is 0 Å². The fourth-order valence-electron chi connectivity index (χ4n) is 4.04. The molecule has 1 aromatic heterocycles. The van der Waals surface area contributed by atoms with Crippen molar-refractivity contribution in [1.29, 1.82) is 0 Å². The fourth-order valence-corrected chi connectivity index (χ4v) is 4.04. The molecule has 4 rings (SSSR count). The number of fused-ring (bicyclic) bond motifs is 1. The maximum atomic E-state index is 12.5. The summed E-state index contributed by atoms with van der Waals surface area (Å²) in [4.78, 5) is 30.8. The van der Waals surface area contributed by atoms with E-state index in [1.54, 1.807) is 12.3 Å². The number of likely N-dealkylation sites (tertiary alicyclic amines) is 1. The molecule has 3 aliphatic rings. The summed E-state index contributed by atoms with van der Waals surface area (Å²) >= 11 is 0. The van der Waals surface area contributed by atoms with Gasteiger partial charge < -0.3 is 10.2 Å². The second-order valence-corrected chi connectivity index (χ2v) is 7.30. The molecule has 3 atom stereocenters. The van der Waals surface area contributed by atoms with Crippen LogP contribution in [0.25, 0.3) is 0 Å². The highest BCUT2D eigenvalue weighted by Crippen LogP contribution is 2.42. The SMILES string of the molecule is O=C(NCC1CC1)C1C[C@@H]2CN(C(=O)c3ccccn3)C[C@@H]2C1. The first-order chi connectivity index (χ1) is 11.2. The van der Waals surface area contributed by atoms with Crippen molar-refractivity contribution >= 4 is 11.8 Å². The first-order valence-electron chi connectivity index (χ1n) is 8.68. The number of carbonyl (C=O) groups excluding carboxylic acids is 2. The van der Waals surface area contributed by atoms with Gasteiger partial charge in [0.2, 0.25) is 5.91 Å². The van der Waals surface area contributed by atoms with Crippen molar-refractivity contribution < 1.29 is 9.59 Å². The largest absolute Gasteiger partial charge is 0.356 e. The highest BCUT2D eigenvalue weighted by molar-refractivity contribution is 5.92. The predicted molar refractivity (Wildman–Crippen MR) is 85.6 cm³/mol. The van der Waals surface area contributed by atoms with Crippen LogP contribution in [0.1, 0.15) is 36.2 Å². The standard InChI is InChI=1S/C18H23N3O2/c22-17(20-9-12-4-5-12)13-7-14-10-21(11-15(14)8-13)18(23)16-3-1-2-6-19-16/h1-3,6,12-15H,4-5,7-11H2,(H,20,22)/t13?,14-,15+. The first-order valence-corrected chi connectivity index (χ1v) is 8.68. The second-order valence-electron chi connectivity index (χ2n) is 7.30. The summed E-state index contributed by atoms with van der Waals surface area (Å²) in [6, 6.07) is 5.43. The van der Waals surface area contributed by atoms with Gasteiger partial charge in [0.15, 0.2) is 0 Å². The van der Waals surface area contributed by atoms with Gasteiger partial charge in [0.1, 0.15) is 5.69 Å². The molecule has 0 radical (unpaired) electrons. The Morgan fingerprint density at radius 3 is 2.52 bits per heavy atom. The van der Waals surface area contributed by atoms with Gasteiger partial charge in [-0.05, 0) is 55.6 Å². The van der Waals surface area contributed by atoms with Gasteiger partial charge in [0.25, 0.3) is 5.91 Å². The summed E-state index contributed by atoms with van der Waals surface area (Å²) in [5, 5.41) is 3.11. The van der Waals surface area contributed by atoms with Crippen LogP contribution in [0.4, 0.5) is 0 Å². The Morgan fingerprint density at radius 1 is 1.17 bits per heavy atom. The third kappa shape index (κ3) is 3.09. The Hall–Kier alpha value is -1.91. The van der Waals surface area contributed by atoms with Crippen molar-refractivity contribution in [3.05, 3.63) is 30.1 Å². The van der Waals surface area contributed by atoms with E-state index in [1.165, 1.54) is 12.8 Å². The highest BCUT2D eigenvalue weighted by Gasteiger charge is 2.44. The zero-order valence-corrected chi connectivity index (χ0v) is 13.3. The number of nitrogens with one attached hydrogen (secondary N) is 1. The predicted octanol–water partition coefficient (Wildman–Crippen LogP) is 1.71. The molecule has 2 saturated carbocycles. The zero-order chi connectivity index (χ0) is 15.8. The monoisotopic (exact) mass is 313 g/mol. The lowest BCUT2D eigenvalue weighted by Crippen LogP contribution is -2.34. The number of pyridine rings is 1. The number of aromatic nitrogens is 1. The Bertz CT molecular complexity index is 586. The molecular weight excluding hydrogens is 290 g/mol. The van der Waals surface area contributed by atoms with Crippen LogP contribution >= 0.6 is 0 Å².